The van der Waals surface area contributed by atoms with Crippen LogP contribution in [-0.4, -0.2) is 25.6 Å². The number of allylic oxidation sites excluding steroid dienone is 1. The second-order valence-corrected chi connectivity index (χ2v) is 9.83. The Morgan fingerprint density at radius 1 is 1.15 bits per heavy atom. The smallest absolute Gasteiger partial charge is 0.257 e. The van der Waals surface area contributed by atoms with Crippen LogP contribution in [0.3, 0.4) is 0 Å². The summed E-state index contributed by atoms with van der Waals surface area (Å²) in [5, 5.41) is 5.22. The molecule has 144 valence electrons. The molecule has 7 heteroatoms. The number of anilines is 1. The normalized spacial score (nSPS) is 16.7. The number of thiazole rings is 1. The van der Waals surface area contributed by atoms with Gasteiger partial charge >= 0.3 is 0 Å². The molecule has 1 heterocycles. The Bertz CT molecular complexity index is 893. The summed E-state index contributed by atoms with van der Waals surface area (Å²) >= 11 is 1.37. The standard InChI is InChI=1S/C20H24N2O3S2/c1-27(24,25)17-10-8-16(9-11-17)18(14-15-6-4-2-3-5-7-15)19(23)22-20-21-12-13-26-20/h8-15H,2-7H2,1H3,(H,21,22,23)/b18-14+. The van der Waals surface area contributed by atoms with Crippen molar-refractivity contribution in [3.63, 3.8) is 0 Å². The summed E-state index contributed by atoms with van der Waals surface area (Å²) in [6.45, 7) is 0. The van der Waals surface area contributed by atoms with Crippen molar-refractivity contribution < 1.29 is 13.2 Å². The van der Waals surface area contributed by atoms with Crippen LogP contribution in [0.5, 0.6) is 0 Å². The third-order valence-electron chi connectivity index (χ3n) is 4.79. The molecule has 0 saturated heterocycles. The molecule has 1 aliphatic rings. The molecule has 0 atom stereocenters. The van der Waals surface area contributed by atoms with Crippen LogP contribution in [0.1, 0.15) is 44.1 Å². The molecule has 3 rings (SSSR count). The topological polar surface area (TPSA) is 76.1 Å². The molecule has 0 bridgehead atoms. The highest BCUT2D eigenvalue weighted by Crippen LogP contribution is 2.28. The lowest BCUT2D eigenvalue weighted by Crippen LogP contribution is -2.15. The molecule has 1 saturated carbocycles. The van der Waals surface area contributed by atoms with E-state index in [2.05, 4.69) is 16.4 Å². The maximum Gasteiger partial charge on any atom is 0.257 e. The highest BCUT2D eigenvalue weighted by molar-refractivity contribution is 7.90. The van der Waals surface area contributed by atoms with Gasteiger partial charge in [-0.1, -0.05) is 43.9 Å². The van der Waals surface area contributed by atoms with Crippen LogP contribution in [0.15, 0.2) is 46.8 Å². The first-order chi connectivity index (χ1) is 12.9. The first kappa shape index (κ1) is 19.8. The van der Waals surface area contributed by atoms with Crippen molar-refractivity contribution in [2.45, 2.75) is 43.4 Å². The second kappa shape index (κ2) is 8.80. The molecule has 0 aliphatic heterocycles. The van der Waals surface area contributed by atoms with Gasteiger partial charge in [-0.3, -0.25) is 10.1 Å². The van der Waals surface area contributed by atoms with Crippen LogP contribution in [0.2, 0.25) is 0 Å². The summed E-state index contributed by atoms with van der Waals surface area (Å²) in [7, 11) is -3.27. The molecule has 5 nitrogen and oxygen atoms in total. The third kappa shape index (κ3) is 5.49. The van der Waals surface area contributed by atoms with Gasteiger partial charge in [0.25, 0.3) is 5.91 Å². The van der Waals surface area contributed by atoms with Crippen molar-refractivity contribution in [3.8, 4) is 0 Å². The SMILES string of the molecule is CS(=O)(=O)c1ccc(/C(=C\C2CCCCCC2)C(=O)Nc2nccs2)cc1. The van der Waals surface area contributed by atoms with Crippen molar-refractivity contribution in [1.29, 1.82) is 0 Å². The van der Waals surface area contributed by atoms with Crippen molar-refractivity contribution in [2.75, 3.05) is 11.6 Å². The second-order valence-electron chi connectivity index (χ2n) is 6.92. The molecule has 2 aromatic rings. The number of sulfone groups is 1. The number of nitrogens with one attached hydrogen (secondary N) is 1. The monoisotopic (exact) mass is 404 g/mol. The van der Waals surface area contributed by atoms with Gasteiger partial charge in [0.15, 0.2) is 15.0 Å². The van der Waals surface area contributed by atoms with Crippen LogP contribution in [0.25, 0.3) is 5.57 Å². The minimum atomic E-state index is -3.27. The van der Waals surface area contributed by atoms with E-state index in [9.17, 15) is 13.2 Å². The number of aromatic nitrogens is 1. The number of carbonyl (C=O) groups excluding carboxylic acids is 1. The Kier molecular flexibility index (Phi) is 6.44. The van der Waals surface area contributed by atoms with E-state index < -0.39 is 9.84 Å². The van der Waals surface area contributed by atoms with Crippen molar-refractivity contribution in [3.05, 3.63) is 47.5 Å². The summed E-state index contributed by atoms with van der Waals surface area (Å²) in [5.74, 6) is 0.153. The molecule has 0 spiro atoms. The molecular weight excluding hydrogens is 380 g/mol. The minimum Gasteiger partial charge on any atom is -0.298 e. The zero-order valence-electron chi connectivity index (χ0n) is 15.3. The predicted molar refractivity (Wildman–Crippen MR) is 109 cm³/mol. The fourth-order valence-corrected chi connectivity index (χ4v) is 4.50. The van der Waals surface area contributed by atoms with Gasteiger partial charge in [0.2, 0.25) is 0 Å². The Morgan fingerprint density at radius 3 is 2.37 bits per heavy atom. The molecule has 0 unspecified atom stereocenters. The molecule has 1 aromatic carbocycles. The number of benzene rings is 1. The number of hydrogen-bond donors (Lipinski definition) is 1. The molecule has 1 N–H and O–H groups in total. The number of amides is 1. The number of carbonyl (C=O) groups is 1. The van der Waals surface area contributed by atoms with Gasteiger partial charge in [-0.2, -0.15) is 0 Å². The van der Waals surface area contributed by atoms with E-state index in [1.165, 1.54) is 43.3 Å². The van der Waals surface area contributed by atoms with Crippen molar-refractivity contribution in [1.82, 2.24) is 4.98 Å². The van der Waals surface area contributed by atoms with Crippen molar-refractivity contribution >= 4 is 37.8 Å². The zero-order valence-corrected chi connectivity index (χ0v) is 17.0. The van der Waals surface area contributed by atoms with Gasteiger partial charge in [-0.15, -0.1) is 11.3 Å². The van der Waals surface area contributed by atoms with Gasteiger partial charge in [-0.25, -0.2) is 13.4 Å². The highest BCUT2D eigenvalue weighted by atomic mass is 32.2. The molecule has 27 heavy (non-hydrogen) atoms. The van der Waals surface area contributed by atoms with E-state index >= 15 is 0 Å². The van der Waals surface area contributed by atoms with E-state index in [-0.39, 0.29) is 10.8 Å². The molecule has 0 radical (unpaired) electrons. The molecule has 1 aliphatic carbocycles. The number of nitrogens with zero attached hydrogens (tertiary/aromatic N) is 1. The lowest BCUT2D eigenvalue weighted by Gasteiger charge is -2.14. The average molecular weight is 405 g/mol. The first-order valence-corrected chi connectivity index (χ1v) is 11.9. The quantitative estimate of drug-likeness (QED) is 0.586. The lowest BCUT2D eigenvalue weighted by atomic mass is 9.94. The third-order valence-corrected chi connectivity index (χ3v) is 6.61. The number of rotatable bonds is 5. The van der Waals surface area contributed by atoms with E-state index in [0.717, 1.165) is 18.4 Å². The molecule has 1 amide bonds. The van der Waals surface area contributed by atoms with Gasteiger partial charge < -0.3 is 0 Å². The number of hydrogen-bond acceptors (Lipinski definition) is 5. The van der Waals surface area contributed by atoms with Crippen LogP contribution >= 0.6 is 11.3 Å². The Balaban J connectivity index is 1.91. The van der Waals surface area contributed by atoms with Crippen LogP contribution in [0.4, 0.5) is 5.13 Å². The van der Waals surface area contributed by atoms with Gasteiger partial charge in [0.1, 0.15) is 0 Å². The Morgan fingerprint density at radius 2 is 1.81 bits per heavy atom. The maximum absolute atomic E-state index is 12.9. The molecular formula is C20H24N2O3S2. The van der Waals surface area contributed by atoms with E-state index in [1.54, 1.807) is 30.5 Å². The van der Waals surface area contributed by atoms with Crippen LogP contribution in [0, 0.1) is 5.92 Å². The molecule has 1 aromatic heterocycles. The van der Waals surface area contributed by atoms with Crippen molar-refractivity contribution in [2.24, 2.45) is 5.92 Å². The van der Waals surface area contributed by atoms with Gasteiger partial charge in [0, 0.05) is 23.4 Å². The average Bonchev–Trinajstić information content (AvgIpc) is 3.00. The first-order valence-electron chi connectivity index (χ1n) is 9.16. The van der Waals surface area contributed by atoms with E-state index in [0.29, 0.717) is 16.6 Å². The predicted octanol–water partition coefficient (Wildman–Crippen LogP) is 4.54. The Labute approximate surface area is 164 Å². The molecule has 1 fully saturated rings. The highest BCUT2D eigenvalue weighted by Gasteiger charge is 2.18. The van der Waals surface area contributed by atoms with E-state index in [4.69, 9.17) is 0 Å². The van der Waals surface area contributed by atoms with Gasteiger partial charge in [-0.05, 0) is 36.5 Å². The summed E-state index contributed by atoms with van der Waals surface area (Å²) < 4.78 is 23.4. The lowest BCUT2D eigenvalue weighted by molar-refractivity contribution is -0.111. The zero-order chi connectivity index (χ0) is 19.3. The Hall–Kier alpha value is -1.99. The fraction of sp³-hybridized carbons (Fsp3) is 0.400. The van der Waals surface area contributed by atoms with Gasteiger partial charge in [0.05, 0.1) is 4.90 Å². The minimum absolute atomic E-state index is 0.207. The fourth-order valence-electron chi connectivity index (χ4n) is 3.35. The van der Waals surface area contributed by atoms with Crippen LogP contribution in [-0.2, 0) is 14.6 Å². The largest absolute Gasteiger partial charge is 0.298 e. The van der Waals surface area contributed by atoms with E-state index in [1.807, 2.05) is 5.38 Å². The summed E-state index contributed by atoms with van der Waals surface area (Å²) in [5.41, 5.74) is 1.30. The van der Waals surface area contributed by atoms with Crippen LogP contribution < -0.4 is 5.32 Å². The summed E-state index contributed by atoms with van der Waals surface area (Å²) in [6, 6.07) is 6.53. The maximum atomic E-state index is 12.9. The summed E-state index contributed by atoms with van der Waals surface area (Å²) in [6.07, 6.45) is 11.9. The summed E-state index contributed by atoms with van der Waals surface area (Å²) in [4.78, 5) is 17.3.